The minimum Gasteiger partial charge on any atom is -0.490 e. The van der Waals surface area contributed by atoms with E-state index in [1.54, 1.807) is 6.21 Å². The fraction of sp³-hybridized carbons (Fsp3) is 0.370. The summed E-state index contributed by atoms with van der Waals surface area (Å²) in [6.07, 6.45) is 7.05. The van der Waals surface area contributed by atoms with Crippen molar-refractivity contribution in [1.82, 2.24) is 5.01 Å². The standard InChI is InChI=1S/C27H26N2O4/c1-2-32-23-12-17(8-11-22(23)33-15-16-6-4-3-5-7-16)14-28-29-26(30)24-18-9-10-19(21-13-20(18)21)25(24)27(29)31/h3-12,14,18-21,24-25H,2,13,15H2,1H3/b28-14-/t18-,19-,20-,21-,24-,25+/m1/s1. The topological polar surface area (TPSA) is 68.2 Å². The predicted octanol–water partition coefficient (Wildman–Crippen LogP) is 4.05. The molecule has 2 saturated carbocycles. The number of rotatable bonds is 7. The van der Waals surface area contributed by atoms with Crippen LogP contribution in [-0.4, -0.2) is 29.6 Å². The normalized spacial score (nSPS) is 31.1. The lowest BCUT2D eigenvalue weighted by atomic mass is 9.63. The first-order chi connectivity index (χ1) is 16.2. The van der Waals surface area contributed by atoms with Crippen molar-refractivity contribution >= 4 is 18.0 Å². The van der Waals surface area contributed by atoms with Gasteiger partial charge < -0.3 is 9.47 Å². The number of allylic oxidation sites excluding steroid dienone is 2. The van der Waals surface area contributed by atoms with Gasteiger partial charge in [-0.05, 0) is 66.3 Å². The van der Waals surface area contributed by atoms with Crippen molar-refractivity contribution < 1.29 is 19.1 Å². The first kappa shape index (κ1) is 20.2. The van der Waals surface area contributed by atoms with Crippen molar-refractivity contribution in [3.05, 3.63) is 71.8 Å². The maximum Gasteiger partial charge on any atom is 0.254 e. The van der Waals surface area contributed by atoms with E-state index in [0.717, 1.165) is 22.6 Å². The Labute approximate surface area is 192 Å². The van der Waals surface area contributed by atoms with E-state index in [4.69, 9.17) is 9.47 Å². The molecule has 3 fully saturated rings. The summed E-state index contributed by atoms with van der Waals surface area (Å²) < 4.78 is 11.7. The average Bonchev–Trinajstić information content (AvgIpc) is 3.62. The third-order valence-corrected chi connectivity index (χ3v) is 7.47. The summed E-state index contributed by atoms with van der Waals surface area (Å²) in [6.45, 7) is 2.84. The molecule has 0 radical (unpaired) electrons. The Kier molecular flexibility index (Phi) is 4.82. The summed E-state index contributed by atoms with van der Waals surface area (Å²) >= 11 is 0. The van der Waals surface area contributed by atoms with E-state index in [1.165, 1.54) is 0 Å². The number of hydrazone groups is 1. The first-order valence-electron chi connectivity index (χ1n) is 11.7. The van der Waals surface area contributed by atoms with Crippen LogP contribution in [0.5, 0.6) is 11.5 Å². The molecule has 5 aliphatic rings. The van der Waals surface area contributed by atoms with E-state index in [1.807, 2.05) is 55.5 Å². The highest BCUT2D eigenvalue weighted by atomic mass is 16.5. The zero-order valence-electron chi connectivity index (χ0n) is 18.5. The highest BCUT2D eigenvalue weighted by Crippen LogP contribution is 2.65. The largest absolute Gasteiger partial charge is 0.490 e. The minimum atomic E-state index is -0.235. The summed E-state index contributed by atoms with van der Waals surface area (Å²) in [7, 11) is 0. The smallest absolute Gasteiger partial charge is 0.254 e. The second kappa shape index (κ2) is 7.87. The minimum absolute atomic E-state index is 0.154. The Bertz CT molecular complexity index is 1120. The summed E-state index contributed by atoms with van der Waals surface area (Å²) in [5.41, 5.74) is 1.81. The molecule has 6 nitrogen and oxygen atoms in total. The van der Waals surface area contributed by atoms with Gasteiger partial charge in [0.15, 0.2) is 11.5 Å². The number of amides is 2. The van der Waals surface area contributed by atoms with E-state index in [2.05, 4.69) is 17.3 Å². The van der Waals surface area contributed by atoms with Crippen LogP contribution in [0.1, 0.15) is 24.5 Å². The Morgan fingerprint density at radius 1 is 0.939 bits per heavy atom. The SMILES string of the molecule is CCOc1cc(/C=N\N2C(=O)[C@@H]3[C@@H]4C=C[C@H]([C@H]5C[C@H]45)[C@@H]3C2=O)ccc1OCc1ccccc1. The van der Waals surface area contributed by atoms with Crippen LogP contribution in [0, 0.1) is 35.5 Å². The highest BCUT2D eigenvalue weighted by Gasteiger charge is 2.67. The highest BCUT2D eigenvalue weighted by molar-refractivity contribution is 6.06. The van der Waals surface area contributed by atoms with Gasteiger partial charge in [0.05, 0.1) is 24.7 Å². The molecular formula is C27H26N2O4. The van der Waals surface area contributed by atoms with E-state index in [-0.39, 0.29) is 35.5 Å². The van der Waals surface area contributed by atoms with Gasteiger partial charge in [0.1, 0.15) is 6.61 Å². The molecule has 6 atom stereocenters. The van der Waals surface area contributed by atoms with E-state index in [0.29, 0.717) is 36.5 Å². The van der Waals surface area contributed by atoms with Crippen LogP contribution in [-0.2, 0) is 16.2 Å². The number of imide groups is 1. The number of hydrogen-bond acceptors (Lipinski definition) is 5. The molecule has 0 unspecified atom stereocenters. The maximum atomic E-state index is 13.1. The predicted molar refractivity (Wildman–Crippen MR) is 123 cm³/mol. The Balaban J connectivity index is 1.19. The first-order valence-corrected chi connectivity index (χ1v) is 11.7. The van der Waals surface area contributed by atoms with Crippen LogP contribution in [0.15, 0.2) is 65.8 Å². The molecule has 1 saturated heterocycles. The van der Waals surface area contributed by atoms with Gasteiger partial charge in [-0.1, -0.05) is 42.5 Å². The second-order valence-electron chi connectivity index (χ2n) is 9.30. The molecule has 168 valence electrons. The van der Waals surface area contributed by atoms with Crippen LogP contribution < -0.4 is 9.47 Å². The van der Waals surface area contributed by atoms with Crippen molar-refractivity contribution in [2.75, 3.05) is 6.61 Å². The molecule has 6 heteroatoms. The van der Waals surface area contributed by atoms with Gasteiger partial charge in [-0.3, -0.25) is 9.59 Å². The fourth-order valence-corrected chi connectivity index (χ4v) is 5.91. The van der Waals surface area contributed by atoms with Gasteiger partial charge in [0.2, 0.25) is 0 Å². The molecule has 2 aromatic rings. The van der Waals surface area contributed by atoms with Gasteiger partial charge in [-0.15, -0.1) is 0 Å². The summed E-state index contributed by atoms with van der Waals surface area (Å²) in [5, 5.41) is 5.43. The molecule has 33 heavy (non-hydrogen) atoms. The third-order valence-electron chi connectivity index (χ3n) is 7.47. The summed E-state index contributed by atoms with van der Waals surface area (Å²) in [4.78, 5) is 26.2. The molecule has 7 rings (SSSR count). The number of carbonyl (C=O) groups excluding carboxylic acids is 2. The van der Waals surface area contributed by atoms with Crippen LogP contribution >= 0.6 is 0 Å². The summed E-state index contributed by atoms with van der Waals surface area (Å²) in [6, 6.07) is 15.4. The molecule has 0 spiro atoms. The number of carbonyl (C=O) groups is 2. The van der Waals surface area contributed by atoms with Crippen LogP contribution in [0.3, 0.4) is 0 Å². The van der Waals surface area contributed by atoms with Gasteiger partial charge in [-0.25, -0.2) is 0 Å². The van der Waals surface area contributed by atoms with Gasteiger partial charge in [0, 0.05) is 0 Å². The Morgan fingerprint density at radius 3 is 2.30 bits per heavy atom. The molecule has 4 aliphatic carbocycles. The monoisotopic (exact) mass is 442 g/mol. The fourth-order valence-electron chi connectivity index (χ4n) is 5.91. The van der Waals surface area contributed by atoms with E-state index < -0.39 is 0 Å². The Morgan fingerprint density at radius 2 is 1.64 bits per heavy atom. The molecule has 2 bridgehead atoms. The van der Waals surface area contributed by atoms with Crippen LogP contribution in [0.2, 0.25) is 0 Å². The molecule has 1 aliphatic heterocycles. The molecule has 2 amide bonds. The zero-order chi connectivity index (χ0) is 22.5. The molecule has 0 aromatic heterocycles. The van der Waals surface area contributed by atoms with Gasteiger partial charge in [-0.2, -0.15) is 10.1 Å². The van der Waals surface area contributed by atoms with Crippen molar-refractivity contribution in [3.63, 3.8) is 0 Å². The van der Waals surface area contributed by atoms with Crippen LogP contribution in [0.25, 0.3) is 0 Å². The van der Waals surface area contributed by atoms with Crippen molar-refractivity contribution in [1.29, 1.82) is 0 Å². The van der Waals surface area contributed by atoms with Crippen molar-refractivity contribution in [3.8, 4) is 11.5 Å². The number of nitrogens with zero attached hydrogens (tertiary/aromatic N) is 2. The summed E-state index contributed by atoms with van der Waals surface area (Å²) in [5.74, 6) is 2.03. The van der Waals surface area contributed by atoms with E-state index >= 15 is 0 Å². The number of benzene rings is 2. The van der Waals surface area contributed by atoms with Crippen molar-refractivity contribution in [2.24, 2.45) is 40.6 Å². The van der Waals surface area contributed by atoms with Gasteiger partial charge in [0.25, 0.3) is 11.8 Å². The molecular weight excluding hydrogens is 416 g/mol. The lowest BCUT2D eigenvalue weighted by molar-refractivity contribution is -0.140. The van der Waals surface area contributed by atoms with E-state index in [9.17, 15) is 9.59 Å². The third kappa shape index (κ3) is 3.36. The number of hydrogen-bond donors (Lipinski definition) is 0. The lowest BCUT2D eigenvalue weighted by Crippen LogP contribution is -2.40. The van der Waals surface area contributed by atoms with Crippen LogP contribution in [0.4, 0.5) is 0 Å². The Hall–Kier alpha value is -3.41. The molecule has 0 N–H and O–H groups in total. The quantitative estimate of drug-likeness (QED) is 0.369. The molecule has 1 heterocycles. The lowest BCUT2D eigenvalue weighted by Gasteiger charge is -2.37. The average molecular weight is 443 g/mol. The van der Waals surface area contributed by atoms with Crippen molar-refractivity contribution in [2.45, 2.75) is 20.0 Å². The zero-order valence-corrected chi connectivity index (χ0v) is 18.5. The second-order valence-corrected chi connectivity index (χ2v) is 9.30. The molecule has 2 aromatic carbocycles. The number of ether oxygens (including phenoxy) is 2. The maximum absolute atomic E-state index is 13.1. The van der Waals surface area contributed by atoms with Gasteiger partial charge >= 0.3 is 0 Å².